The van der Waals surface area contributed by atoms with Crippen molar-refractivity contribution < 1.29 is 9.90 Å². The maximum absolute atomic E-state index is 11.8. The molecular formula is C22H23Br2N3O2. The maximum atomic E-state index is 11.8. The molecule has 1 fully saturated rings. The average Bonchev–Trinajstić information content (AvgIpc) is 2.69. The van der Waals surface area contributed by atoms with Gasteiger partial charge in [-0.2, -0.15) is 0 Å². The molecule has 2 aromatic rings. The number of nitrogens with two attached hydrogens (primary N) is 1. The number of likely N-dealkylation sites (tertiary alicyclic amines) is 1. The second kappa shape index (κ2) is 8.11. The molecular weight excluding hydrogens is 498 g/mol. The van der Waals surface area contributed by atoms with Gasteiger partial charge in [-0.3, -0.25) is 9.78 Å². The molecule has 2 heterocycles. The number of carbonyl (C=O) groups excluding carboxylic acids is 1. The van der Waals surface area contributed by atoms with Gasteiger partial charge in [-0.05, 0) is 92.8 Å². The van der Waals surface area contributed by atoms with Crippen molar-refractivity contribution in [2.24, 2.45) is 0 Å². The molecule has 1 aliphatic carbocycles. The van der Waals surface area contributed by atoms with Crippen molar-refractivity contribution in [3.05, 3.63) is 55.2 Å². The summed E-state index contributed by atoms with van der Waals surface area (Å²) < 4.78 is 1.64. The van der Waals surface area contributed by atoms with Gasteiger partial charge in [0.15, 0.2) is 5.75 Å². The summed E-state index contributed by atoms with van der Waals surface area (Å²) in [6.45, 7) is 3.05. The second-order valence-electron chi connectivity index (χ2n) is 7.65. The molecule has 0 spiro atoms. The fourth-order valence-electron chi connectivity index (χ4n) is 4.35. The van der Waals surface area contributed by atoms with Crippen LogP contribution in [0.3, 0.4) is 0 Å². The molecule has 0 bridgehead atoms. The molecule has 7 heteroatoms. The number of piperidine rings is 1. The number of aromatic nitrogens is 1. The van der Waals surface area contributed by atoms with E-state index in [4.69, 9.17) is 10.7 Å². The highest BCUT2D eigenvalue weighted by atomic mass is 79.9. The van der Waals surface area contributed by atoms with Crippen molar-refractivity contribution in [1.82, 2.24) is 9.88 Å². The van der Waals surface area contributed by atoms with Gasteiger partial charge in [0.05, 0.1) is 15.9 Å². The lowest BCUT2D eigenvalue weighted by Crippen LogP contribution is -2.35. The zero-order valence-electron chi connectivity index (χ0n) is 16.3. The normalized spacial score (nSPS) is 16.7. The third-order valence-electron chi connectivity index (χ3n) is 5.85. The van der Waals surface area contributed by atoms with Gasteiger partial charge in [0, 0.05) is 36.3 Å². The Kier molecular flexibility index (Phi) is 5.71. The Hall–Kier alpha value is -1.86. The SMILES string of the molecule is CC(=O)N1CCC(=C2c3cc(N)c(O)c(Br)c3CCCc3cc(Br)cnc32)CC1. The Labute approximate surface area is 187 Å². The van der Waals surface area contributed by atoms with Crippen LogP contribution < -0.4 is 5.73 Å². The van der Waals surface area contributed by atoms with E-state index in [0.29, 0.717) is 23.2 Å². The van der Waals surface area contributed by atoms with Crippen LogP contribution >= 0.6 is 31.9 Å². The Morgan fingerprint density at radius 2 is 1.90 bits per heavy atom. The molecule has 1 aromatic carbocycles. The summed E-state index contributed by atoms with van der Waals surface area (Å²) in [5.74, 6) is 0.218. The van der Waals surface area contributed by atoms with E-state index < -0.39 is 0 Å². The lowest BCUT2D eigenvalue weighted by atomic mass is 9.82. The van der Waals surface area contributed by atoms with Gasteiger partial charge in [0.25, 0.3) is 0 Å². The third kappa shape index (κ3) is 3.82. The topological polar surface area (TPSA) is 79.5 Å². The number of benzene rings is 1. The van der Waals surface area contributed by atoms with Gasteiger partial charge in [-0.25, -0.2) is 0 Å². The molecule has 1 aromatic heterocycles. The van der Waals surface area contributed by atoms with E-state index in [1.54, 1.807) is 6.92 Å². The lowest BCUT2D eigenvalue weighted by Gasteiger charge is -2.31. The molecule has 2 aliphatic rings. The number of rotatable bonds is 0. The summed E-state index contributed by atoms with van der Waals surface area (Å²) in [5, 5.41) is 10.4. The number of hydrogen-bond acceptors (Lipinski definition) is 4. The molecule has 1 saturated heterocycles. The highest BCUT2D eigenvalue weighted by molar-refractivity contribution is 9.10. The number of nitrogen functional groups attached to an aromatic ring is 1. The number of amides is 1. The summed E-state index contributed by atoms with van der Waals surface area (Å²) in [5.41, 5.74) is 13.2. The third-order valence-corrected chi connectivity index (χ3v) is 7.14. The van der Waals surface area contributed by atoms with Crippen molar-refractivity contribution in [2.75, 3.05) is 18.8 Å². The predicted octanol–water partition coefficient (Wildman–Crippen LogP) is 4.83. The first-order valence-electron chi connectivity index (χ1n) is 9.79. The number of phenols is 1. The highest BCUT2D eigenvalue weighted by Crippen LogP contribution is 2.44. The van der Waals surface area contributed by atoms with Crippen LogP contribution in [-0.4, -0.2) is 34.0 Å². The van der Waals surface area contributed by atoms with Gasteiger partial charge in [0.1, 0.15) is 0 Å². The number of fused-ring (bicyclic) bond motifs is 2. The van der Waals surface area contributed by atoms with Crippen LogP contribution in [0.1, 0.15) is 48.6 Å². The Bertz CT molecular complexity index is 1020. The number of phenolic OH excluding ortho intramolecular Hbond substituents is 1. The first-order valence-corrected chi connectivity index (χ1v) is 11.4. The maximum Gasteiger partial charge on any atom is 0.219 e. The minimum Gasteiger partial charge on any atom is -0.505 e. The first kappa shape index (κ1) is 20.4. The molecule has 5 nitrogen and oxygen atoms in total. The molecule has 1 aliphatic heterocycles. The molecule has 1 amide bonds. The summed E-state index contributed by atoms with van der Waals surface area (Å²) in [6.07, 6.45) is 6.17. The quantitative estimate of drug-likeness (QED) is 0.385. The van der Waals surface area contributed by atoms with Crippen molar-refractivity contribution in [2.45, 2.75) is 39.0 Å². The van der Waals surface area contributed by atoms with E-state index in [0.717, 1.165) is 59.0 Å². The molecule has 0 unspecified atom stereocenters. The van der Waals surface area contributed by atoms with Crippen molar-refractivity contribution in [3.8, 4) is 5.75 Å². The number of aromatic hydroxyl groups is 1. The van der Waals surface area contributed by atoms with E-state index >= 15 is 0 Å². The van der Waals surface area contributed by atoms with E-state index in [1.807, 2.05) is 17.2 Å². The Balaban J connectivity index is 1.95. The van der Waals surface area contributed by atoms with E-state index in [2.05, 4.69) is 37.9 Å². The highest BCUT2D eigenvalue weighted by Gasteiger charge is 2.27. The number of anilines is 1. The standard InChI is InChI=1S/C22H23Br2N3O2/c1-12(28)27-7-5-13(6-8-27)19-17-10-18(25)22(29)20(24)16(17)4-2-3-14-9-15(23)11-26-21(14)19/h9-11,29H,2-8,25H2,1H3. The molecule has 3 N–H and O–H groups in total. The molecule has 152 valence electrons. The van der Waals surface area contributed by atoms with E-state index in [1.165, 1.54) is 11.1 Å². The average molecular weight is 521 g/mol. The summed E-state index contributed by atoms with van der Waals surface area (Å²) in [7, 11) is 0. The summed E-state index contributed by atoms with van der Waals surface area (Å²) in [6, 6.07) is 4.03. The van der Waals surface area contributed by atoms with Crippen LogP contribution in [-0.2, 0) is 17.6 Å². The number of carbonyl (C=O) groups is 1. The zero-order chi connectivity index (χ0) is 20.7. The zero-order valence-corrected chi connectivity index (χ0v) is 19.4. The van der Waals surface area contributed by atoms with Gasteiger partial charge < -0.3 is 15.7 Å². The van der Waals surface area contributed by atoms with Gasteiger partial charge in [0.2, 0.25) is 5.91 Å². The monoisotopic (exact) mass is 519 g/mol. The fourth-order valence-corrected chi connectivity index (χ4v) is 5.37. The smallest absolute Gasteiger partial charge is 0.219 e. The van der Waals surface area contributed by atoms with Crippen LogP contribution in [0.2, 0.25) is 0 Å². The first-order chi connectivity index (χ1) is 13.9. The van der Waals surface area contributed by atoms with Crippen LogP contribution in [0.5, 0.6) is 5.75 Å². The van der Waals surface area contributed by atoms with Crippen molar-refractivity contribution in [3.63, 3.8) is 0 Å². The minimum atomic E-state index is 0.101. The summed E-state index contributed by atoms with van der Waals surface area (Å²) >= 11 is 7.13. The fraction of sp³-hybridized carbons (Fsp3) is 0.364. The minimum absolute atomic E-state index is 0.101. The Morgan fingerprint density at radius 3 is 2.59 bits per heavy atom. The molecule has 0 radical (unpaired) electrons. The number of pyridine rings is 1. The summed E-state index contributed by atoms with van der Waals surface area (Å²) in [4.78, 5) is 18.5. The second-order valence-corrected chi connectivity index (χ2v) is 9.36. The molecule has 4 rings (SSSR count). The molecule has 29 heavy (non-hydrogen) atoms. The number of nitrogens with zero attached hydrogens (tertiary/aromatic N) is 2. The van der Waals surface area contributed by atoms with Gasteiger partial charge in [-0.1, -0.05) is 5.57 Å². The van der Waals surface area contributed by atoms with E-state index in [-0.39, 0.29) is 11.7 Å². The van der Waals surface area contributed by atoms with Crippen LogP contribution in [0.15, 0.2) is 32.8 Å². The van der Waals surface area contributed by atoms with Crippen LogP contribution in [0.25, 0.3) is 5.57 Å². The lowest BCUT2D eigenvalue weighted by molar-refractivity contribution is -0.129. The Morgan fingerprint density at radius 1 is 1.17 bits per heavy atom. The van der Waals surface area contributed by atoms with Crippen molar-refractivity contribution in [1.29, 1.82) is 0 Å². The largest absolute Gasteiger partial charge is 0.505 e. The van der Waals surface area contributed by atoms with Gasteiger partial charge >= 0.3 is 0 Å². The van der Waals surface area contributed by atoms with Crippen LogP contribution in [0.4, 0.5) is 5.69 Å². The van der Waals surface area contributed by atoms with Crippen molar-refractivity contribution >= 4 is 49.0 Å². The van der Waals surface area contributed by atoms with Gasteiger partial charge in [-0.15, -0.1) is 0 Å². The van der Waals surface area contributed by atoms with Crippen LogP contribution in [0, 0.1) is 0 Å². The molecule has 0 atom stereocenters. The number of aryl methyl sites for hydroxylation is 1. The number of hydrogen-bond donors (Lipinski definition) is 2. The van der Waals surface area contributed by atoms with E-state index in [9.17, 15) is 9.90 Å². The molecule has 0 saturated carbocycles. The number of halogens is 2. The predicted molar refractivity (Wildman–Crippen MR) is 122 cm³/mol.